The van der Waals surface area contributed by atoms with E-state index in [9.17, 15) is 4.79 Å². The number of carbonyl (C=O) groups excluding carboxylic acids is 1. The molecule has 1 fully saturated rings. The number of ether oxygens (including phenoxy) is 2. The maximum Gasteiger partial charge on any atom is 0.323 e. The molecule has 0 bridgehead atoms. The molecule has 0 aromatic heterocycles. The summed E-state index contributed by atoms with van der Waals surface area (Å²) in [6.45, 7) is 3.81. The second kappa shape index (κ2) is 8.80. The third-order valence-corrected chi connectivity index (χ3v) is 3.75. The van der Waals surface area contributed by atoms with Crippen LogP contribution in [0.4, 0.5) is 0 Å². The van der Waals surface area contributed by atoms with E-state index < -0.39 is 0 Å². The van der Waals surface area contributed by atoms with E-state index in [2.05, 4.69) is 17.4 Å². The minimum absolute atomic E-state index is 0.161. The van der Waals surface area contributed by atoms with E-state index in [0.717, 1.165) is 38.8 Å². The van der Waals surface area contributed by atoms with E-state index in [1.165, 1.54) is 5.56 Å². The zero-order valence-corrected chi connectivity index (χ0v) is 12.7. The molecule has 1 N–H and O–H groups in total. The zero-order valence-electron chi connectivity index (χ0n) is 12.7. The van der Waals surface area contributed by atoms with Gasteiger partial charge in [0, 0.05) is 13.2 Å². The van der Waals surface area contributed by atoms with Gasteiger partial charge in [-0.25, -0.2) is 0 Å². The Bertz CT molecular complexity index is 415. The largest absolute Gasteiger partial charge is 0.465 e. The molecule has 2 unspecified atom stereocenters. The summed E-state index contributed by atoms with van der Waals surface area (Å²) in [6.07, 6.45) is 4.03. The molecule has 116 valence electrons. The molecular formula is C17H25NO3. The second-order valence-corrected chi connectivity index (χ2v) is 5.37. The van der Waals surface area contributed by atoms with E-state index in [1.807, 2.05) is 25.1 Å². The summed E-state index contributed by atoms with van der Waals surface area (Å²) >= 11 is 0. The van der Waals surface area contributed by atoms with Crippen LogP contribution in [0.5, 0.6) is 0 Å². The smallest absolute Gasteiger partial charge is 0.323 e. The summed E-state index contributed by atoms with van der Waals surface area (Å²) in [6, 6.07) is 9.96. The molecule has 0 radical (unpaired) electrons. The number of rotatable bonds is 8. The highest BCUT2D eigenvalue weighted by atomic mass is 16.5. The third-order valence-electron chi connectivity index (χ3n) is 3.75. The molecule has 0 spiro atoms. The van der Waals surface area contributed by atoms with Crippen LogP contribution in [-0.4, -0.2) is 37.9 Å². The normalized spacial score (nSPS) is 19.4. The fourth-order valence-electron chi connectivity index (χ4n) is 2.58. The molecule has 1 saturated heterocycles. The van der Waals surface area contributed by atoms with Gasteiger partial charge in [-0.3, -0.25) is 4.79 Å². The van der Waals surface area contributed by atoms with Gasteiger partial charge in [0.2, 0.25) is 0 Å². The molecule has 1 aromatic carbocycles. The number of benzene rings is 1. The van der Waals surface area contributed by atoms with Gasteiger partial charge >= 0.3 is 5.97 Å². The molecule has 4 heteroatoms. The van der Waals surface area contributed by atoms with Crippen molar-refractivity contribution >= 4 is 5.97 Å². The average molecular weight is 291 g/mol. The molecule has 0 amide bonds. The van der Waals surface area contributed by atoms with Crippen LogP contribution in [0.1, 0.15) is 31.7 Å². The molecular weight excluding hydrogens is 266 g/mol. The van der Waals surface area contributed by atoms with Crippen molar-refractivity contribution in [3.8, 4) is 0 Å². The van der Waals surface area contributed by atoms with Gasteiger partial charge in [-0.1, -0.05) is 30.3 Å². The number of nitrogens with one attached hydrogen (secondary N) is 1. The lowest BCUT2D eigenvalue weighted by Crippen LogP contribution is -2.42. The van der Waals surface area contributed by atoms with Crippen molar-refractivity contribution in [3.63, 3.8) is 0 Å². The summed E-state index contributed by atoms with van der Waals surface area (Å²) in [7, 11) is 0. The van der Waals surface area contributed by atoms with Crippen LogP contribution in [0.2, 0.25) is 0 Å². The van der Waals surface area contributed by atoms with Gasteiger partial charge in [0.1, 0.15) is 6.04 Å². The topological polar surface area (TPSA) is 47.6 Å². The Kier molecular flexibility index (Phi) is 6.70. The summed E-state index contributed by atoms with van der Waals surface area (Å²) in [5.74, 6) is -0.161. The standard InChI is InChI=1S/C17H25NO3/c1-2-20-17(19)16(18-13-15-9-6-12-21-15)11-10-14-7-4-3-5-8-14/h3-5,7-8,15-16,18H,2,6,9-13H2,1H3. The Morgan fingerprint density at radius 3 is 2.90 bits per heavy atom. The van der Waals surface area contributed by atoms with Crippen molar-refractivity contribution < 1.29 is 14.3 Å². The number of aryl methyl sites for hydroxylation is 1. The van der Waals surface area contributed by atoms with Crippen LogP contribution in [0.25, 0.3) is 0 Å². The third kappa shape index (κ3) is 5.48. The Balaban J connectivity index is 1.83. The van der Waals surface area contributed by atoms with Crippen LogP contribution in [0.3, 0.4) is 0 Å². The Morgan fingerprint density at radius 1 is 1.43 bits per heavy atom. The predicted molar refractivity (Wildman–Crippen MR) is 82.2 cm³/mol. The molecule has 0 aliphatic carbocycles. The molecule has 1 heterocycles. The number of hydrogen-bond donors (Lipinski definition) is 1. The first-order valence-electron chi connectivity index (χ1n) is 7.85. The van der Waals surface area contributed by atoms with E-state index in [4.69, 9.17) is 9.47 Å². The number of esters is 1. The first-order chi connectivity index (χ1) is 10.3. The highest BCUT2D eigenvalue weighted by molar-refractivity contribution is 5.75. The molecule has 4 nitrogen and oxygen atoms in total. The number of hydrogen-bond acceptors (Lipinski definition) is 4. The summed E-state index contributed by atoms with van der Waals surface area (Å²) in [5, 5.41) is 3.32. The predicted octanol–water partition coefficient (Wildman–Crippen LogP) is 2.32. The van der Waals surface area contributed by atoms with Gasteiger partial charge in [0.15, 0.2) is 0 Å². The first kappa shape index (κ1) is 16.0. The summed E-state index contributed by atoms with van der Waals surface area (Å²) in [4.78, 5) is 12.0. The Hall–Kier alpha value is -1.39. The highest BCUT2D eigenvalue weighted by Crippen LogP contribution is 2.12. The second-order valence-electron chi connectivity index (χ2n) is 5.37. The monoisotopic (exact) mass is 291 g/mol. The maximum absolute atomic E-state index is 12.0. The van der Waals surface area contributed by atoms with Gasteiger partial charge in [0.05, 0.1) is 12.7 Å². The minimum atomic E-state index is -0.255. The fraction of sp³-hybridized carbons (Fsp3) is 0.588. The summed E-state index contributed by atoms with van der Waals surface area (Å²) < 4.78 is 10.8. The van der Waals surface area contributed by atoms with E-state index in [1.54, 1.807) is 0 Å². The van der Waals surface area contributed by atoms with Crippen molar-refractivity contribution in [2.24, 2.45) is 0 Å². The van der Waals surface area contributed by atoms with Crippen molar-refractivity contribution in [2.45, 2.75) is 44.8 Å². The molecule has 0 saturated carbocycles. The van der Waals surface area contributed by atoms with Crippen molar-refractivity contribution in [1.82, 2.24) is 5.32 Å². The molecule has 1 aromatic rings. The van der Waals surface area contributed by atoms with Crippen LogP contribution in [0, 0.1) is 0 Å². The van der Waals surface area contributed by atoms with Gasteiger partial charge in [-0.15, -0.1) is 0 Å². The van der Waals surface area contributed by atoms with Crippen LogP contribution in [-0.2, 0) is 20.7 Å². The first-order valence-corrected chi connectivity index (χ1v) is 7.85. The van der Waals surface area contributed by atoms with Crippen molar-refractivity contribution in [3.05, 3.63) is 35.9 Å². The zero-order chi connectivity index (χ0) is 14.9. The lowest BCUT2D eigenvalue weighted by molar-refractivity contribution is -0.145. The summed E-state index contributed by atoms with van der Waals surface area (Å²) in [5.41, 5.74) is 1.24. The highest BCUT2D eigenvalue weighted by Gasteiger charge is 2.22. The molecule has 21 heavy (non-hydrogen) atoms. The van der Waals surface area contributed by atoms with E-state index in [0.29, 0.717) is 6.61 Å². The van der Waals surface area contributed by atoms with Gasteiger partial charge in [-0.05, 0) is 38.2 Å². The average Bonchev–Trinajstić information content (AvgIpc) is 3.02. The maximum atomic E-state index is 12.0. The molecule has 2 rings (SSSR count). The minimum Gasteiger partial charge on any atom is -0.465 e. The lowest BCUT2D eigenvalue weighted by atomic mass is 10.0. The van der Waals surface area contributed by atoms with E-state index in [-0.39, 0.29) is 18.1 Å². The number of carbonyl (C=O) groups is 1. The van der Waals surface area contributed by atoms with Crippen molar-refractivity contribution in [2.75, 3.05) is 19.8 Å². The van der Waals surface area contributed by atoms with Crippen LogP contribution < -0.4 is 5.32 Å². The van der Waals surface area contributed by atoms with Crippen LogP contribution in [0.15, 0.2) is 30.3 Å². The molecule has 1 aliphatic rings. The molecule has 1 aliphatic heterocycles. The quantitative estimate of drug-likeness (QED) is 0.747. The van der Waals surface area contributed by atoms with Gasteiger partial charge < -0.3 is 14.8 Å². The lowest BCUT2D eigenvalue weighted by Gasteiger charge is -2.19. The van der Waals surface area contributed by atoms with E-state index >= 15 is 0 Å². The molecule has 2 atom stereocenters. The van der Waals surface area contributed by atoms with Gasteiger partial charge in [-0.2, -0.15) is 0 Å². The van der Waals surface area contributed by atoms with Crippen LogP contribution >= 0.6 is 0 Å². The Labute approximate surface area is 126 Å². The SMILES string of the molecule is CCOC(=O)C(CCc1ccccc1)NCC1CCCO1. The van der Waals surface area contributed by atoms with Crippen molar-refractivity contribution in [1.29, 1.82) is 0 Å². The fourth-order valence-corrected chi connectivity index (χ4v) is 2.58. The Morgan fingerprint density at radius 2 is 2.24 bits per heavy atom. The van der Waals surface area contributed by atoms with Gasteiger partial charge in [0.25, 0.3) is 0 Å².